The minimum absolute atomic E-state index is 0.0101. The number of aryl methyl sites for hydroxylation is 1. The maximum absolute atomic E-state index is 11.3. The Morgan fingerprint density at radius 1 is 1.33 bits per heavy atom. The third kappa shape index (κ3) is 3.09. The van der Waals surface area contributed by atoms with E-state index in [0.717, 1.165) is 18.8 Å². The molecule has 0 atom stereocenters. The zero-order valence-electron chi connectivity index (χ0n) is 12.7. The average Bonchev–Trinajstić information content (AvgIpc) is 2.97. The van der Waals surface area contributed by atoms with Gasteiger partial charge in [0.2, 0.25) is 0 Å². The van der Waals surface area contributed by atoms with Gasteiger partial charge in [-0.15, -0.1) is 5.10 Å². The van der Waals surface area contributed by atoms with Gasteiger partial charge in [-0.05, 0) is 6.42 Å². The molecule has 0 aliphatic rings. The van der Waals surface area contributed by atoms with E-state index in [2.05, 4.69) is 27.3 Å². The first-order chi connectivity index (χ1) is 9.84. The van der Waals surface area contributed by atoms with Gasteiger partial charge in [-0.2, -0.15) is 5.10 Å². The van der Waals surface area contributed by atoms with Crippen molar-refractivity contribution in [2.45, 2.75) is 52.6 Å². The lowest BCUT2D eigenvalue weighted by molar-refractivity contribution is 0.0687. The Labute approximate surface area is 122 Å². The summed E-state index contributed by atoms with van der Waals surface area (Å²) in [6.07, 6.45) is 2.44. The highest BCUT2D eigenvalue weighted by Gasteiger charge is 2.29. The van der Waals surface area contributed by atoms with E-state index in [1.54, 1.807) is 9.36 Å². The van der Waals surface area contributed by atoms with Crippen LogP contribution in [0, 0.1) is 0 Å². The van der Waals surface area contributed by atoms with Gasteiger partial charge in [0, 0.05) is 12.0 Å². The fourth-order valence-corrected chi connectivity index (χ4v) is 2.25. The molecule has 0 saturated heterocycles. The summed E-state index contributed by atoms with van der Waals surface area (Å²) in [4.78, 5) is 15.5. The zero-order valence-corrected chi connectivity index (χ0v) is 12.7. The second kappa shape index (κ2) is 5.63. The smallest absolute Gasteiger partial charge is 0.358 e. The molecule has 2 rings (SSSR count). The van der Waals surface area contributed by atoms with Gasteiger partial charge >= 0.3 is 5.97 Å². The van der Waals surface area contributed by atoms with E-state index in [1.165, 1.54) is 6.33 Å². The maximum Gasteiger partial charge on any atom is 0.358 e. The first-order valence-corrected chi connectivity index (χ1v) is 6.88. The Balaban J connectivity index is 2.41. The van der Waals surface area contributed by atoms with Crippen LogP contribution in [0.2, 0.25) is 0 Å². The molecule has 8 nitrogen and oxygen atoms in total. The molecule has 0 radical (unpaired) electrons. The van der Waals surface area contributed by atoms with Crippen LogP contribution in [-0.4, -0.2) is 40.8 Å². The molecule has 0 aliphatic carbocycles. The number of aromatic nitrogens is 6. The first kappa shape index (κ1) is 15.1. The van der Waals surface area contributed by atoms with Crippen LogP contribution < -0.4 is 0 Å². The van der Waals surface area contributed by atoms with Gasteiger partial charge in [0.15, 0.2) is 5.69 Å². The summed E-state index contributed by atoms with van der Waals surface area (Å²) in [6, 6.07) is 0. The fourth-order valence-electron chi connectivity index (χ4n) is 2.25. The molecular formula is C13H20N6O2. The molecule has 8 heteroatoms. The third-order valence-corrected chi connectivity index (χ3v) is 3.07. The average molecular weight is 292 g/mol. The molecule has 1 N–H and O–H groups in total. The van der Waals surface area contributed by atoms with Crippen molar-refractivity contribution in [1.82, 2.24) is 29.8 Å². The second-order valence-corrected chi connectivity index (χ2v) is 5.90. The number of hydrogen-bond donors (Lipinski definition) is 1. The largest absolute Gasteiger partial charge is 0.476 e. The van der Waals surface area contributed by atoms with Crippen LogP contribution in [0.5, 0.6) is 0 Å². The second-order valence-electron chi connectivity index (χ2n) is 5.90. The van der Waals surface area contributed by atoms with Gasteiger partial charge in [0.25, 0.3) is 0 Å². The number of carboxylic acid groups (broad SMARTS) is 1. The molecule has 0 aromatic carbocycles. The predicted molar refractivity (Wildman–Crippen MR) is 75.1 cm³/mol. The molecule has 0 aliphatic heterocycles. The monoisotopic (exact) mass is 292 g/mol. The van der Waals surface area contributed by atoms with Crippen molar-refractivity contribution in [2.24, 2.45) is 0 Å². The number of nitrogens with zero attached hydrogens (tertiary/aromatic N) is 6. The Bertz CT molecular complexity index is 637. The summed E-state index contributed by atoms with van der Waals surface area (Å²) in [7, 11) is 0. The molecule has 114 valence electrons. The zero-order chi connectivity index (χ0) is 15.6. The third-order valence-electron chi connectivity index (χ3n) is 3.07. The molecule has 0 unspecified atom stereocenters. The number of aromatic carboxylic acids is 1. The Morgan fingerprint density at radius 3 is 2.62 bits per heavy atom. The summed E-state index contributed by atoms with van der Waals surface area (Å²) >= 11 is 0. The van der Waals surface area contributed by atoms with Crippen molar-refractivity contribution < 1.29 is 9.90 Å². The number of carbonyl (C=O) groups is 1. The lowest BCUT2D eigenvalue weighted by atomic mass is 9.90. The van der Waals surface area contributed by atoms with E-state index in [1.807, 2.05) is 20.8 Å². The van der Waals surface area contributed by atoms with Gasteiger partial charge in [0.05, 0.1) is 5.69 Å². The van der Waals surface area contributed by atoms with Crippen LogP contribution in [0.3, 0.4) is 0 Å². The first-order valence-electron chi connectivity index (χ1n) is 6.88. The Morgan fingerprint density at radius 2 is 2.05 bits per heavy atom. The quantitative estimate of drug-likeness (QED) is 0.892. The van der Waals surface area contributed by atoms with Crippen LogP contribution in [0.25, 0.3) is 0 Å². The van der Waals surface area contributed by atoms with E-state index in [-0.39, 0.29) is 11.1 Å². The highest BCUT2D eigenvalue weighted by Crippen LogP contribution is 2.25. The molecule has 2 heterocycles. The molecular weight excluding hydrogens is 272 g/mol. The van der Waals surface area contributed by atoms with Gasteiger partial charge in [-0.25, -0.2) is 19.1 Å². The summed E-state index contributed by atoms with van der Waals surface area (Å²) in [6.45, 7) is 8.99. The molecule has 0 saturated carbocycles. The summed E-state index contributed by atoms with van der Waals surface area (Å²) in [5.41, 5.74) is 0.192. The number of carboxylic acids is 1. The summed E-state index contributed by atoms with van der Waals surface area (Å²) < 4.78 is 3.40. The van der Waals surface area contributed by atoms with Gasteiger partial charge in [0.1, 0.15) is 18.7 Å². The van der Waals surface area contributed by atoms with Crippen LogP contribution in [0.1, 0.15) is 56.1 Å². The molecule has 2 aromatic rings. The van der Waals surface area contributed by atoms with E-state index < -0.39 is 5.97 Å². The van der Waals surface area contributed by atoms with E-state index in [4.69, 9.17) is 0 Å². The van der Waals surface area contributed by atoms with Crippen molar-refractivity contribution in [3.8, 4) is 0 Å². The number of hydrogen-bond acceptors (Lipinski definition) is 5. The molecule has 0 amide bonds. The van der Waals surface area contributed by atoms with Crippen LogP contribution in [-0.2, 0) is 18.5 Å². The minimum atomic E-state index is -1.07. The molecule has 21 heavy (non-hydrogen) atoms. The molecule has 2 aromatic heterocycles. The van der Waals surface area contributed by atoms with Gasteiger partial charge in [-0.3, -0.25) is 0 Å². The molecule has 0 fully saturated rings. The Kier molecular flexibility index (Phi) is 4.06. The standard InChI is InChI=1S/C13H20N6O2/c1-5-6-18-9(14-8-15-18)7-19-11(13(2,3)4)10(12(20)21)16-17-19/h8H,5-7H2,1-4H3,(H,20,21). The normalized spacial score (nSPS) is 11.8. The molecule has 0 spiro atoms. The van der Waals surface area contributed by atoms with Crippen molar-refractivity contribution in [2.75, 3.05) is 0 Å². The molecule has 0 bridgehead atoms. The van der Waals surface area contributed by atoms with Crippen molar-refractivity contribution >= 4 is 5.97 Å². The van der Waals surface area contributed by atoms with E-state index >= 15 is 0 Å². The van der Waals surface area contributed by atoms with E-state index in [9.17, 15) is 9.90 Å². The van der Waals surface area contributed by atoms with Crippen LogP contribution in [0.4, 0.5) is 0 Å². The highest BCUT2D eigenvalue weighted by atomic mass is 16.4. The summed E-state index contributed by atoms with van der Waals surface area (Å²) in [5.74, 6) is -0.328. The fraction of sp³-hybridized carbons (Fsp3) is 0.615. The van der Waals surface area contributed by atoms with Crippen molar-refractivity contribution in [3.63, 3.8) is 0 Å². The SMILES string of the molecule is CCCn1ncnc1Cn1nnc(C(=O)O)c1C(C)(C)C. The highest BCUT2D eigenvalue weighted by molar-refractivity contribution is 5.86. The number of rotatable bonds is 5. The Hall–Kier alpha value is -2.25. The topological polar surface area (TPSA) is 98.7 Å². The lowest BCUT2D eigenvalue weighted by Gasteiger charge is -2.20. The van der Waals surface area contributed by atoms with Crippen LogP contribution in [0.15, 0.2) is 6.33 Å². The van der Waals surface area contributed by atoms with Gasteiger partial charge in [-0.1, -0.05) is 32.9 Å². The van der Waals surface area contributed by atoms with Crippen molar-refractivity contribution in [1.29, 1.82) is 0 Å². The minimum Gasteiger partial charge on any atom is -0.476 e. The maximum atomic E-state index is 11.3. The van der Waals surface area contributed by atoms with Gasteiger partial charge < -0.3 is 5.11 Å². The predicted octanol–water partition coefficient (Wildman–Crippen LogP) is 1.32. The lowest BCUT2D eigenvalue weighted by Crippen LogP contribution is -2.23. The van der Waals surface area contributed by atoms with Crippen molar-refractivity contribution in [3.05, 3.63) is 23.5 Å². The van der Waals surface area contributed by atoms with E-state index in [0.29, 0.717) is 12.2 Å². The summed E-state index contributed by atoms with van der Waals surface area (Å²) in [5, 5.41) is 21.2. The van der Waals surface area contributed by atoms with Crippen LogP contribution >= 0.6 is 0 Å².